The van der Waals surface area contributed by atoms with Gasteiger partial charge >= 0.3 is 0 Å². The molecule has 0 saturated carbocycles. The van der Waals surface area contributed by atoms with Gasteiger partial charge in [-0.25, -0.2) is 0 Å². The fraction of sp³-hybridized carbons (Fsp3) is 0.167. The minimum Gasteiger partial charge on any atom is -0.318 e. The van der Waals surface area contributed by atoms with E-state index in [-0.39, 0.29) is 11.6 Å². The number of anilines is 1. The number of nitrogens with one attached hydrogen (secondary N) is 1. The molecule has 7 heteroatoms. The van der Waals surface area contributed by atoms with E-state index in [4.69, 9.17) is 23.2 Å². The smallest absolute Gasteiger partial charge is 0.277 e. The lowest BCUT2D eigenvalue weighted by Gasteiger charge is -2.07. The lowest BCUT2D eigenvalue weighted by molar-refractivity contribution is 0.102. The number of halogens is 3. The molecule has 0 radical (unpaired) electrons. The van der Waals surface area contributed by atoms with Gasteiger partial charge in [-0.1, -0.05) is 29.3 Å². The van der Waals surface area contributed by atoms with E-state index in [2.05, 4.69) is 26.3 Å². The number of hydrogen-bond acceptors (Lipinski definition) is 2. The number of aromatic nitrogens is 2. The Kier molecular flexibility index (Phi) is 4.50. The maximum Gasteiger partial charge on any atom is 0.277 e. The summed E-state index contributed by atoms with van der Waals surface area (Å²) in [7, 11) is 0. The molecule has 0 aliphatic heterocycles. The second-order valence-electron chi connectivity index (χ2n) is 3.73. The summed E-state index contributed by atoms with van der Waals surface area (Å²) in [5.41, 5.74) is 0.673. The maximum absolute atomic E-state index is 12.1. The predicted molar refractivity (Wildman–Crippen MR) is 80.0 cm³/mol. The van der Waals surface area contributed by atoms with E-state index in [0.717, 1.165) is 0 Å². The number of nitrogens with zero attached hydrogens (tertiary/aromatic N) is 2. The van der Waals surface area contributed by atoms with E-state index >= 15 is 0 Å². The summed E-state index contributed by atoms with van der Waals surface area (Å²) in [4.78, 5) is 12.1. The third-order valence-electron chi connectivity index (χ3n) is 2.46. The number of amides is 1. The third-order valence-corrected chi connectivity index (χ3v) is 3.67. The molecular formula is C12H10BrCl2N3O. The van der Waals surface area contributed by atoms with E-state index in [1.807, 2.05) is 6.92 Å². The van der Waals surface area contributed by atoms with Crippen LogP contribution < -0.4 is 5.32 Å². The van der Waals surface area contributed by atoms with Gasteiger partial charge in [-0.05, 0) is 35.0 Å². The number of hydrogen-bond donors (Lipinski definition) is 1. The number of carbonyl (C=O) groups excluding carboxylic acids is 1. The summed E-state index contributed by atoms with van der Waals surface area (Å²) in [6, 6.07) is 5.02. The molecule has 4 nitrogen and oxygen atoms in total. The molecular weight excluding hydrogens is 353 g/mol. The molecule has 0 unspecified atom stereocenters. The Bertz CT molecular complexity index is 607. The molecule has 0 spiro atoms. The lowest BCUT2D eigenvalue weighted by Crippen LogP contribution is -2.14. The van der Waals surface area contributed by atoms with Crippen molar-refractivity contribution in [2.75, 3.05) is 5.32 Å². The number of carbonyl (C=O) groups is 1. The van der Waals surface area contributed by atoms with Crippen molar-refractivity contribution in [3.05, 3.63) is 44.6 Å². The Morgan fingerprint density at radius 2 is 2.05 bits per heavy atom. The van der Waals surface area contributed by atoms with Gasteiger partial charge in [0.15, 0.2) is 5.69 Å². The molecule has 2 rings (SSSR count). The number of aryl methyl sites for hydroxylation is 1. The molecule has 1 aromatic carbocycles. The van der Waals surface area contributed by atoms with Crippen LogP contribution in [0, 0.1) is 0 Å². The molecule has 0 fully saturated rings. The summed E-state index contributed by atoms with van der Waals surface area (Å²) in [5.74, 6) is -0.367. The zero-order valence-corrected chi connectivity index (χ0v) is 13.1. The Balaban J connectivity index is 2.28. The summed E-state index contributed by atoms with van der Waals surface area (Å²) < 4.78 is 2.28. The highest BCUT2D eigenvalue weighted by Crippen LogP contribution is 2.30. The molecule has 0 aliphatic carbocycles. The van der Waals surface area contributed by atoms with Gasteiger partial charge in [0.25, 0.3) is 5.91 Å². The van der Waals surface area contributed by atoms with Gasteiger partial charge in [-0.15, -0.1) is 0 Å². The zero-order valence-electron chi connectivity index (χ0n) is 9.95. The van der Waals surface area contributed by atoms with Crippen molar-refractivity contribution in [3.8, 4) is 0 Å². The standard InChI is InChI=1S/C12H10BrCl2N3O/c1-2-18-6-7(13)10(17-18)12(19)16-11-8(14)4-3-5-9(11)15/h3-6H,2H2,1H3,(H,16,19). The average molecular weight is 363 g/mol. The molecule has 1 N–H and O–H groups in total. The predicted octanol–water partition coefficient (Wildman–Crippen LogP) is 4.22. The van der Waals surface area contributed by atoms with Crippen molar-refractivity contribution >= 4 is 50.7 Å². The summed E-state index contributed by atoms with van der Waals surface area (Å²) in [6.07, 6.45) is 1.74. The van der Waals surface area contributed by atoms with E-state index in [9.17, 15) is 4.79 Å². The van der Waals surface area contributed by atoms with E-state index in [0.29, 0.717) is 26.8 Å². The Morgan fingerprint density at radius 3 is 2.58 bits per heavy atom. The molecule has 19 heavy (non-hydrogen) atoms. The van der Waals surface area contributed by atoms with Gasteiger partial charge in [0.2, 0.25) is 0 Å². The fourth-order valence-electron chi connectivity index (χ4n) is 1.50. The van der Waals surface area contributed by atoms with Crippen LogP contribution in [0.25, 0.3) is 0 Å². The quantitative estimate of drug-likeness (QED) is 0.888. The van der Waals surface area contributed by atoms with Gasteiger partial charge in [-0.3, -0.25) is 9.48 Å². The molecule has 1 amide bonds. The molecule has 1 aromatic heterocycles. The first kappa shape index (κ1) is 14.4. The first-order chi connectivity index (χ1) is 9.02. The molecule has 100 valence electrons. The summed E-state index contributed by atoms with van der Waals surface area (Å²) >= 11 is 15.3. The maximum atomic E-state index is 12.1. The number of rotatable bonds is 3. The minimum atomic E-state index is -0.367. The van der Waals surface area contributed by atoms with Gasteiger partial charge in [0.1, 0.15) is 0 Å². The van der Waals surface area contributed by atoms with Gasteiger partial charge in [-0.2, -0.15) is 5.10 Å². The van der Waals surface area contributed by atoms with Crippen LogP contribution in [0.3, 0.4) is 0 Å². The zero-order chi connectivity index (χ0) is 14.0. The van der Waals surface area contributed by atoms with Crippen LogP contribution in [0.2, 0.25) is 10.0 Å². The first-order valence-corrected chi connectivity index (χ1v) is 7.06. The van der Waals surface area contributed by atoms with Crippen LogP contribution in [-0.4, -0.2) is 15.7 Å². The lowest BCUT2D eigenvalue weighted by atomic mass is 10.3. The van der Waals surface area contributed by atoms with Crippen LogP contribution in [0.4, 0.5) is 5.69 Å². The van der Waals surface area contributed by atoms with Crippen molar-refractivity contribution in [2.45, 2.75) is 13.5 Å². The van der Waals surface area contributed by atoms with Gasteiger partial charge < -0.3 is 5.32 Å². The molecule has 0 bridgehead atoms. The van der Waals surface area contributed by atoms with Gasteiger partial charge in [0.05, 0.1) is 20.2 Å². The highest BCUT2D eigenvalue weighted by molar-refractivity contribution is 9.10. The Labute approximate surface area is 128 Å². The third kappa shape index (κ3) is 3.11. The van der Waals surface area contributed by atoms with Crippen LogP contribution in [0.1, 0.15) is 17.4 Å². The summed E-state index contributed by atoms with van der Waals surface area (Å²) in [5, 5.41) is 7.58. The summed E-state index contributed by atoms with van der Waals surface area (Å²) in [6.45, 7) is 2.62. The monoisotopic (exact) mass is 361 g/mol. The van der Waals surface area contributed by atoms with E-state index < -0.39 is 0 Å². The minimum absolute atomic E-state index is 0.290. The van der Waals surface area contributed by atoms with Crippen LogP contribution in [-0.2, 0) is 6.54 Å². The average Bonchev–Trinajstić information content (AvgIpc) is 2.75. The Hall–Kier alpha value is -1.04. The van der Waals surface area contributed by atoms with Crippen LogP contribution >= 0.6 is 39.1 Å². The second kappa shape index (κ2) is 5.94. The van der Waals surface area contributed by atoms with E-state index in [1.165, 1.54) is 0 Å². The van der Waals surface area contributed by atoms with Crippen molar-refractivity contribution in [3.63, 3.8) is 0 Å². The van der Waals surface area contributed by atoms with Gasteiger partial charge in [0, 0.05) is 12.7 Å². The number of benzene rings is 1. The number of para-hydroxylation sites is 1. The van der Waals surface area contributed by atoms with Crippen molar-refractivity contribution in [1.82, 2.24) is 9.78 Å². The fourth-order valence-corrected chi connectivity index (χ4v) is 2.49. The SMILES string of the molecule is CCn1cc(Br)c(C(=O)Nc2c(Cl)cccc2Cl)n1. The Morgan fingerprint density at radius 1 is 1.42 bits per heavy atom. The molecule has 2 aromatic rings. The highest BCUT2D eigenvalue weighted by Gasteiger charge is 2.17. The molecule has 0 saturated heterocycles. The molecule has 0 aliphatic rings. The van der Waals surface area contributed by atoms with Crippen LogP contribution in [0.5, 0.6) is 0 Å². The van der Waals surface area contributed by atoms with Crippen molar-refractivity contribution < 1.29 is 4.79 Å². The highest BCUT2D eigenvalue weighted by atomic mass is 79.9. The van der Waals surface area contributed by atoms with Crippen LogP contribution in [0.15, 0.2) is 28.9 Å². The topological polar surface area (TPSA) is 46.9 Å². The largest absolute Gasteiger partial charge is 0.318 e. The van der Waals surface area contributed by atoms with E-state index in [1.54, 1.807) is 29.1 Å². The normalized spacial score (nSPS) is 10.5. The van der Waals surface area contributed by atoms with Crippen molar-refractivity contribution in [1.29, 1.82) is 0 Å². The molecule has 1 heterocycles. The van der Waals surface area contributed by atoms with Crippen molar-refractivity contribution in [2.24, 2.45) is 0 Å². The molecule has 0 atom stereocenters. The first-order valence-electron chi connectivity index (χ1n) is 5.51. The second-order valence-corrected chi connectivity index (χ2v) is 5.40.